The molecule has 3 aromatic rings. The van der Waals surface area contributed by atoms with E-state index in [0.717, 1.165) is 19.8 Å². The van der Waals surface area contributed by atoms with Gasteiger partial charge in [-0.25, -0.2) is 0 Å². The Morgan fingerprint density at radius 3 is 1.40 bits per heavy atom. The Labute approximate surface area is 149 Å². The molecule has 1 aromatic heterocycles. The molecule has 0 spiro atoms. The topological polar surface area (TPSA) is 19.4 Å². The van der Waals surface area contributed by atoms with Gasteiger partial charge in [-0.15, -0.1) is 0 Å². The Hall–Kier alpha value is -3.07. The van der Waals surface area contributed by atoms with Crippen LogP contribution in [0.1, 0.15) is 11.1 Å². The van der Waals surface area contributed by atoms with E-state index in [2.05, 4.69) is 87.8 Å². The minimum absolute atomic E-state index is 0.962. The van der Waals surface area contributed by atoms with Crippen molar-refractivity contribution < 1.29 is 0 Å². The molecule has 2 heterocycles. The maximum absolute atomic E-state index is 3.78. The van der Waals surface area contributed by atoms with Crippen LogP contribution in [0.15, 0.2) is 104 Å². The summed E-state index contributed by atoms with van der Waals surface area (Å²) in [5, 5.41) is 0. The van der Waals surface area contributed by atoms with Gasteiger partial charge in [0.15, 0.2) is 0 Å². The van der Waals surface area contributed by atoms with Crippen molar-refractivity contribution in [3.63, 3.8) is 0 Å². The zero-order valence-corrected chi connectivity index (χ0v) is 14.3. The second kappa shape index (κ2) is 9.28. The van der Waals surface area contributed by atoms with Crippen molar-refractivity contribution in [2.75, 3.05) is 6.67 Å². The van der Waals surface area contributed by atoms with Crippen LogP contribution in [-0.2, 0) is 13.1 Å². The van der Waals surface area contributed by atoms with Gasteiger partial charge in [-0.3, -0.25) is 4.98 Å². The molecule has 0 radical (unpaired) electrons. The van der Waals surface area contributed by atoms with Crippen LogP contribution in [0.3, 0.4) is 0 Å². The zero-order chi connectivity index (χ0) is 17.2. The smallest absolute Gasteiger partial charge is 0.0900 e. The maximum atomic E-state index is 3.78. The lowest BCUT2D eigenvalue weighted by atomic mass is 10.2. The molecule has 4 rings (SSSR count). The van der Waals surface area contributed by atoms with E-state index in [1.807, 2.05) is 18.2 Å². The van der Waals surface area contributed by atoms with E-state index in [1.165, 1.54) is 11.1 Å². The van der Waals surface area contributed by atoms with E-state index in [1.54, 1.807) is 12.4 Å². The molecule has 25 heavy (non-hydrogen) atoms. The highest BCUT2D eigenvalue weighted by Gasteiger charge is 2.12. The molecule has 1 aliphatic heterocycles. The van der Waals surface area contributed by atoms with E-state index >= 15 is 0 Å². The Bertz CT molecular complexity index is 666. The number of hydrogen-bond acceptors (Lipinski definition) is 3. The van der Waals surface area contributed by atoms with Gasteiger partial charge in [0, 0.05) is 37.9 Å². The fourth-order valence-corrected chi connectivity index (χ4v) is 2.67. The summed E-state index contributed by atoms with van der Waals surface area (Å²) in [6.07, 6.45) is 7.85. The normalized spacial score (nSPS) is 12.6. The highest BCUT2D eigenvalue weighted by atomic mass is 15.3. The zero-order valence-electron chi connectivity index (χ0n) is 14.3. The summed E-state index contributed by atoms with van der Waals surface area (Å²) in [7, 11) is 0. The predicted molar refractivity (Wildman–Crippen MR) is 102 cm³/mol. The number of nitrogens with zero attached hydrogens (tertiary/aromatic N) is 3. The average molecular weight is 329 g/mol. The molecule has 126 valence electrons. The molecule has 0 atom stereocenters. The molecule has 2 aromatic carbocycles. The van der Waals surface area contributed by atoms with Crippen LogP contribution >= 0.6 is 0 Å². The highest BCUT2D eigenvalue weighted by molar-refractivity contribution is 5.17. The van der Waals surface area contributed by atoms with Gasteiger partial charge in [-0.1, -0.05) is 66.7 Å². The largest absolute Gasteiger partial charge is 0.354 e. The first-order chi connectivity index (χ1) is 12.4. The second-order valence-electron chi connectivity index (χ2n) is 5.93. The molecule has 0 fully saturated rings. The predicted octanol–water partition coefficient (Wildman–Crippen LogP) is 4.51. The average Bonchev–Trinajstić information content (AvgIpc) is 3.12. The van der Waals surface area contributed by atoms with Crippen LogP contribution in [0.2, 0.25) is 0 Å². The molecular formula is C22H23N3. The molecule has 0 aliphatic carbocycles. The third kappa shape index (κ3) is 5.81. The molecule has 0 N–H and O–H groups in total. The van der Waals surface area contributed by atoms with Gasteiger partial charge in [0.25, 0.3) is 0 Å². The number of pyridine rings is 1. The highest BCUT2D eigenvalue weighted by Crippen LogP contribution is 2.14. The van der Waals surface area contributed by atoms with E-state index < -0.39 is 0 Å². The maximum Gasteiger partial charge on any atom is 0.0900 e. The van der Waals surface area contributed by atoms with Crippen molar-refractivity contribution in [1.29, 1.82) is 0 Å². The van der Waals surface area contributed by atoms with E-state index in [-0.39, 0.29) is 0 Å². The van der Waals surface area contributed by atoms with Crippen LogP contribution in [0.4, 0.5) is 0 Å². The molecule has 0 saturated carbocycles. The molecule has 0 unspecified atom stereocenters. The molecule has 3 nitrogen and oxygen atoms in total. The summed E-state index contributed by atoms with van der Waals surface area (Å²) in [5.41, 5.74) is 2.71. The van der Waals surface area contributed by atoms with Gasteiger partial charge in [-0.05, 0) is 23.3 Å². The minimum Gasteiger partial charge on any atom is -0.354 e. The first kappa shape index (κ1) is 16.8. The van der Waals surface area contributed by atoms with Crippen LogP contribution in [0.25, 0.3) is 0 Å². The van der Waals surface area contributed by atoms with Gasteiger partial charge >= 0.3 is 0 Å². The fourth-order valence-electron chi connectivity index (χ4n) is 2.67. The lowest BCUT2D eigenvalue weighted by Crippen LogP contribution is -2.24. The van der Waals surface area contributed by atoms with Crippen LogP contribution < -0.4 is 0 Å². The third-order valence-corrected chi connectivity index (χ3v) is 3.88. The first-order valence-corrected chi connectivity index (χ1v) is 8.49. The molecule has 0 bridgehead atoms. The Kier molecular flexibility index (Phi) is 6.23. The number of hydrogen-bond donors (Lipinski definition) is 0. The SMILES string of the molecule is C1=CN(Cc2ccccc2)CN1Cc1ccccc1.c1ccncc1. The molecule has 1 aliphatic rings. The fraction of sp³-hybridized carbons (Fsp3) is 0.136. The number of benzene rings is 2. The standard InChI is InChI=1S/C17H18N2.C5H5N/c1-3-7-16(8-4-1)13-18-11-12-19(15-18)14-17-9-5-2-6-10-17;1-2-4-6-5-3-1/h1-12H,13-15H2;1-5H. The Morgan fingerprint density at radius 1 is 0.600 bits per heavy atom. The Balaban J connectivity index is 0.000000258. The first-order valence-electron chi connectivity index (χ1n) is 8.49. The summed E-state index contributed by atoms with van der Waals surface area (Å²) in [4.78, 5) is 8.45. The number of aromatic nitrogens is 1. The van der Waals surface area contributed by atoms with Crippen molar-refractivity contribution in [3.8, 4) is 0 Å². The summed E-state index contributed by atoms with van der Waals surface area (Å²) >= 11 is 0. The second-order valence-corrected chi connectivity index (χ2v) is 5.93. The molecular weight excluding hydrogens is 306 g/mol. The van der Waals surface area contributed by atoms with Crippen molar-refractivity contribution >= 4 is 0 Å². The van der Waals surface area contributed by atoms with Crippen molar-refractivity contribution in [3.05, 3.63) is 115 Å². The van der Waals surface area contributed by atoms with E-state index in [9.17, 15) is 0 Å². The summed E-state index contributed by atoms with van der Waals surface area (Å²) in [6, 6.07) is 26.9. The van der Waals surface area contributed by atoms with Gasteiger partial charge < -0.3 is 9.80 Å². The molecule has 3 heteroatoms. The number of rotatable bonds is 4. The minimum atomic E-state index is 0.962. The summed E-state index contributed by atoms with van der Waals surface area (Å²) in [6.45, 7) is 2.91. The van der Waals surface area contributed by atoms with Crippen molar-refractivity contribution in [1.82, 2.24) is 14.8 Å². The Morgan fingerprint density at radius 2 is 1.04 bits per heavy atom. The van der Waals surface area contributed by atoms with Crippen LogP contribution in [-0.4, -0.2) is 21.5 Å². The molecule has 0 amide bonds. The van der Waals surface area contributed by atoms with E-state index in [0.29, 0.717) is 0 Å². The van der Waals surface area contributed by atoms with Gasteiger partial charge in [0.2, 0.25) is 0 Å². The van der Waals surface area contributed by atoms with Gasteiger partial charge in [0.1, 0.15) is 0 Å². The third-order valence-electron chi connectivity index (χ3n) is 3.88. The van der Waals surface area contributed by atoms with Crippen molar-refractivity contribution in [2.45, 2.75) is 13.1 Å². The lowest BCUT2D eigenvalue weighted by Gasteiger charge is -2.21. The summed E-state index contributed by atoms with van der Waals surface area (Å²) in [5.74, 6) is 0. The quantitative estimate of drug-likeness (QED) is 0.702. The monoisotopic (exact) mass is 329 g/mol. The lowest BCUT2D eigenvalue weighted by molar-refractivity contribution is 0.255. The van der Waals surface area contributed by atoms with Crippen LogP contribution in [0.5, 0.6) is 0 Å². The van der Waals surface area contributed by atoms with E-state index in [4.69, 9.17) is 0 Å². The molecule has 0 saturated heterocycles. The van der Waals surface area contributed by atoms with Crippen molar-refractivity contribution in [2.24, 2.45) is 0 Å². The van der Waals surface area contributed by atoms with Gasteiger partial charge in [0.05, 0.1) is 6.67 Å². The van der Waals surface area contributed by atoms with Gasteiger partial charge in [-0.2, -0.15) is 0 Å². The summed E-state index contributed by atoms with van der Waals surface area (Å²) < 4.78 is 0. The van der Waals surface area contributed by atoms with Crippen LogP contribution in [0, 0.1) is 0 Å².